The summed E-state index contributed by atoms with van der Waals surface area (Å²) in [4.78, 5) is 60.1. The molecule has 0 fully saturated rings. The smallest absolute Gasteiger partial charge is 0.306 e. The molecule has 2 aromatic rings. The van der Waals surface area contributed by atoms with Crippen LogP contribution in [0, 0.1) is 24.0 Å². The molecule has 1 heterocycles. The fourth-order valence-corrected chi connectivity index (χ4v) is 3.29. The van der Waals surface area contributed by atoms with Gasteiger partial charge >= 0.3 is 5.97 Å². The molecule has 0 saturated heterocycles. The molecule has 0 aromatic heterocycles. The molecular weight excluding hydrogens is 418 g/mol. The van der Waals surface area contributed by atoms with Gasteiger partial charge in [-0.3, -0.25) is 34.2 Å². The maximum Gasteiger partial charge on any atom is 0.306 e. The molecule has 10 heteroatoms. The van der Waals surface area contributed by atoms with Gasteiger partial charge in [-0.2, -0.15) is 0 Å². The predicted octanol–water partition coefficient (Wildman–Crippen LogP) is 2.77. The number of imide groups is 1. The highest BCUT2D eigenvalue weighted by molar-refractivity contribution is 6.21. The third kappa shape index (κ3) is 4.97. The minimum atomic E-state index is -0.664. The number of amides is 3. The zero-order valence-electron chi connectivity index (χ0n) is 17.5. The fourth-order valence-electron chi connectivity index (χ4n) is 3.29. The van der Waals surface area contributed by atoms with Crippen molar-refractivity contribution in [2.75, 3.05) is 18.5 Å². The number of hydrogen-bond donors (Lipinski definition) is 1. The molecule has 166 valence electrons. The number of hydrogen-bond acceptors (Lipinski definition) is 7. The molecule has 10 nitrogen and oxygen atoms in total. The van der Waals surface area contributed by atoms with Gasteiger partial charge in [-0.05, 0) is 38.5 Å². The number of carbonyl (C=O) groups excluding carboxylic acids is 4. The van der Waals surface area contributed by atoms with Crippen LogP contribution in [0.4, 0.5) is 11.4 Å². The van der Waals surface area contributed by atoms with Gasteiger partial charge in [0.1, 0.15) is 0 Å². The van der Waals surface area contributed by atoms with Crippen LogP contribution in [-0.4, -0.2) is 46.7 Å². The van der Waals surface area contributed by atoms with Crippen molar-refractivity contribution < 1.29 is 28.8 Å². The lowest BCUT2D eigenvalue weighted by molar-refractivity contribution is -0.385. The lowest BCUT2D eigenvalue weighted by Crippen LogP contribution is -2.31. The number of esters is 1. The number of aryl methyl sites for hydroxylation is 2. The summed E-state index contributed by atoms with van der Waals surface area (Å²) >= 11 is 0. The van der Waals surface area contributed by atoms with Crippen molar-refractivity contribution in [1.82, 2.24) is 4.90 Å². The van der Waals surface area contributed by atoms with E-state index in [2.05, 4.69) is 5.32 Å². The highest BCUT2D eigenvalue weighted by atomic mass is 16.6. The van der Waals surface area contributed by atoms with E-state index in [1.54, 1.807) is 25.1 Å². The summed E-state index contributed by atoms with van der Waals surface area (Å²) in [6.45, 7) is 2.90. The van der Waals surface area contributed by atoms with E-state index in [9.17, 15) is 29.3 Å². The van der Waals surface area contributed by atoms with Crippen LogP contribution in [-0.2, 0) is 14.3 Å². The van der Waals surface area contributed by atoms with Crippen LogP contribution < -0.4 is 5.32 Å². The van der Waals surface area contributed by atoms with Crippen molar-refractivity contribution >= 4 is 35.1 Å². The van der Waals surface area contributed by atoms with E-state index in [4.69, 9.17) is 4.74 Å². The van der Waals surface area contributed by atoms with Gasteiger partial charge in [0.2, 0.25) is 0 Å². The van der Waals surface area contributed by atoms with Crippen molar-refractivity contribution in [3.8, 4) is 0 Å². The SMILES string of the molecule is Cc1ccc2c(c1)C(=O)N(CCCC(=O)OCC(=O)Nc1ccc(C)c([N+](=O)[O-])c1)C2=O. The number of nitrogens with zero attached hydrogens (tertiary/aromatic N) is 2. The normalized spacial score (nSPS) is 12.5. The second-order valence-corrected chi connectivity index (χ2v) is 7.38. The van der Waals surface area contributed by atoms with Gasteiger partial charge in [0.25, 0.3) is 23.4 Å². The van der Waals surface area contributed by atoms with Crippen molar-refractivity contribution in [3.63, 3.8) is 0 Å². The van der Waals surface area contributed by atoms with E-state index < -0.39 is 35.2 Å². The summed E-state index contributed by atoms with van der Waals surface area (Å²) in [6, 6.07) is 9.25. The minimum Gasteiger partial charge on any atom is -0.456 e. The average Bonchev–Trinajstić information content (AvgIpc) is 2.97. The molecule has 0 bridgehead atoms. The molecule has 0 saturated carbocycles. The second kappa shape index (κ2) is 9.38. The predicted molar refractivity (Wildman–Crippen MR) is 113 cm³/mol. The fraction of sp³-hybridized carbons (Fsp3) is 0.273. The molecule has 1 aliphatic rings. The molecule has 0 atom stereocenters. The Morgan fingerprint density at radius 1 is 1.06 bits per heavy atom. The second-order valence-electron chi connectivity index (χ2n) is 7.38. The maximum atomic E-state index is 12.4. The van der Waals surface area contributed by atoms with E-state index in [1.165, 1.54) is 18.2 Å². The Bertz CT molecular complexity index is 1130. The molecule has 3 amide bonds. The van der Waals surface area contributed by atoms with Crippen LogP contribution in [0.1, 0.15) is 44.7 Å². The van der Waals surface area contributed by atoms with Gasteiger partial charge in [-0.15, -0.1) is 0 Å². The molecule has 0 aliphatic carbocycles. The summed E-state index contributed by atoms with van der Waals surface area (Å²) in [6.07, 6.45) is 0.102. The first-order valence-electron chi connectivity index (χ1n) is 9.84. The molecule has 0 unspecified atom stereocenters. The highest BCUT2D eigenvalue weighted by Crippen LogP contribution is 2.24. The lowest BCUT2D eigenvalue weighted by Gasteiger charge is -2.13. The van der Waals surface area contributed by atoms with Gasteiger partial charge in [-0.25, -0.2) is 0 Å². The average molecular weight is 439 g/mol. The van der Waals surface area contributed by atoms with E-state index in [0.717, 1.165) is 10.5 Å². The molecule has 0 spiro atoms. The minimum absolute atomic E-state index is 0.0553. The van der Waals surface area contributed by atoms with Crippen molar-refractivity contribution in [2.24, 2.45) is 0 Å². The first-order valence-corrected chi connectivity index (χ1v) is 9.84. The van der Waals surface area contributed by atoms with Gasteiger partial charge in [0.15, 0.2) is 6.61 Å². The number of fused-ring (bicyclic) bond motifs is 1. The number of nitro groups is 1. The topological polar surface area (TPSA) is 136 Å². The number of carbonyl (C=O) groups is 4. The first kappa shape index (κ1) is 22.6. The number of anilines is 1. The molecule has 1 aliphatic heterocycles. The monoisotopic (exact) mass is 439 g/mol. The highest BCUT2D eigenvalue weighted by Gasteiger charge is 2.35. The first-order chi connectivity index (χ1) is 15.2. The van der Waals surface area contributed by atoms with Crippen LogP contribution in [0.5, 0.6) is 0 Å². The van der Waals surface area contributed by atoms with Gasteiger partial charge < -0.3 is 10.1 Å². The van der Waals surface area contributed by atoms with Crippen LogP contribution in [0.25, 0.3) is 0 Å². The largest absolute Gasteiger partial charge is 0.456 e. The summed E-state index contributed by atoms with van der Waals surface area (Å²) in [5, 5.41) is 13.4. The van der Waals surface area contributed by atoms with Gasteiger partial charge in [0.05, 0.1) is 16.1 Å². The van der Waals surface area contributed by atoms with E-state index in [-0.39, 0.29) is 30.8 Å². The van der Waals surface area contributed by atoms with Gasteiger partial charge in [0, 0.05) is 30.3 Å². The van der Waals surface area contributed by atoms with Gasteiger partial charge in [-0.1, -0.05) is 17.7 Å². The maximum absolute atomic E-state index is 12.4. The molecule has 3 rings (SSSR count). The summed E-state index contributed by atoms with van der Waals surface area (Å²) in [7, 11) is 0. The van der Waals surface area contributed by atoms with Crippen molar-refractivity contribution in [2.45, 2.75) is 26.7 Å². The van der Waals surface area contributed by atoms with Crippen LogP contribution in [0.3, 0.4) is 0 Å². The van der Waals surface area contributed by atoms with Crippen molar-refractivity contribution in [3.05, 3.63) is 68.8 Å². The Labute approximate surface area is 183 Å². The Morgan fingerprint density at radius 3 is 2.50 bits per heavy atom. The number of nitro benzene ring substituents is 1. The lowest BCUT2D eigenvalue weighted by atomic mass is 10.1. The van der Waals surface area contributed by atoms with Crippen LogP contribution in [0.2, 0.25) is 0 Å². The number of benzene rings is 2. The third-order valence-electron chi connectivity index (χ3n) is 4.94. The molecule has 2 aromatic carbocycles. The van der Waals surface area contributed by atoms with E-state index in [0.29, 0.717) is 16.7 Å². The zero-order chi connectivity index (χ0) is 23.4. The summed E-state index contributed by atoms with van der Waals surface area (Å²) in [5.74, 6) is -2.10. The molecule has 1 N–H and O–H groups in total. The van der Waals surface area contributed by atoms with Crippen LogP contribution >= 0.6 is 0 Å². The zero-order valence-corrected chi connectivity index (χ0v) is 17.5. The molecule has 32 heavy (non-hydrogen) atoms. The summed E-state index contributed by atoms with van der Waals surface area (Å²) < 4.78 is 4.90. The Balaban J connectivity index is 1.44. The quantitative estimate of drug-likeness (QED) is 0.289. The Morgan fingerprint density at radius 2 is 1.78 bits per heavy atom. The van der Waals surface area contributed by atoms with Crippen molar-refractivity contribution in [1.29, 1.82) is 0 Å². The standard InChI is InChI=1S/C22H21N3O7/c1-13-5-8-16-17(10-13)22(29)24(21(16)28)9-3-4-20(27)32-12-19(26)23-15-7-6-14(2)18(11-15)25(30)31/h5-8,10-11H,3-4,9,12H2,1-2H3,(H,23,26). The van der Waals surface area contributed by atoms with E-state index in [1.807, 2.05) is 6.92 Å². The van der Waals surface area contributed by atoms with Crippen LogP contribution in [0.15, 0.2) is 36.4 Å². The molecular formula is C22H21N3O7. The van der Waals surface area contributed by atoms with E-state index >= 15 is 0 Å². The number of ether oxygens (including phenoxy) is 1. The summed E-state index contributed by atoms with van der Waals surface area (Å²) in [5.41, 5.74) is 2.09. The number of nitrogens with one attached hydrogen (secondary N) is 1. The third-order valence-corrected chi connectivity index (χ3v) is 4.94. The molecule has 0 radical (unpaired) electrons. The Hall–Kier alpha value is -4.08. The Kier molecular flexibility index (Phi) is 6.62. The number of rotatable bonds is 8.